The van der Waals surface area contributed by atoms with Crippen molar-refractivity contribution in [3.63, 3.8) is 0 Å². The number of allylic oxidation sites excluding steroid dienone is 1. The van der Waals surface area contributed by atoms with Gasteiger partial charge in [0.1, 0.15) is 0 Å². The Morgan fingerprint density at radius 2 is 1.54 bits per heavy atom. The molecule has 0 saturated heterocycles. The Morgan fingerprint density at radius 1 is 0.929 bits per heavy atom. The maximum atomic E-state index is 3.89. The van der Waals surface area contributed by atoms with Crippen LogP contribution in [0, 0.1) is 0 Å². The van der Waals surface area contributed by atoms with Crippen LogP contribution in [0.15, 0.2) is 60.7 Å². The molecule has 0 saturated carbocycles. The van der Waals surface area contributed by atoms with Crippen LogP contribution in [0.1, 0.15) is 36.1 Å². The van der Waals surface area contributed by atoms with Crippen molar-refractivity contribution in [2.75, 3.05) is 0 Å². The van der Waals surface area contributed by atoms with Crippen LogP contribution in [0.5, 0.6) is 0 Å². The summed E-state index contributed by atoms with van der Waals surface area (Å²) in [6.07, 6.45) is 4.85. The van der Waals surface area contributed by atoms with Crippen LogP contribution in [-0.4, -0.2) is 12.6 Å². The van der Waals surface area contributed by atoms with E-state index < -0.39 is 12.8 Å². The Bertz CT molecular complexity index is 1130. The zero-order chi connectivity index (χ0) is 18.9. The summed E-state index contributed by atoms with van der Waals surface area (Å²) in [5, 5.41) is 6.63. The summed E-state index contributed by atoms with van der Waals surface area (Å²) in [6, 6.07) is 20.1. The summed E-state index contributed by atoms with van der Waals surface area (Å²) in [4.78, 5) is 3.89. The second-order valence-electron chi connectivity index (χ2n) is 10.7. The van der Waals surface area contributed by atoms with E-state index in [2.05, 4.69) is 111 Å². The van der Waals surface area contributed by atoms with Gasteiger partial charge in [0, 0.05) is 0 Å². The summed E-state index contributed by atoms with van der Waals surface area (Å²) in [5.41, 5.74) is 4.15. The van der Waals surface area contributed by atoms with Gasteiger partial charge in [-0.05, 0) is 0 Å². The average molecular weight is 469 g/mol. The maximum Gasteiger partial charge on any atom is -0.147 e. The molecule has 0 bridgehead atoms. The Hall–Kier alpha value is -0.769. The van der Waals surface area contributed by atoms with Crippen molar-refractivity contribution in [1.82, 2.24) is 4.98 Å². The largest absolute Gasteiger partial charge is 0.147 e. The first kappa shape index (κ1) is 23.5. The van der Waals surface area contributed by atoms with Gasteiger partial charge in [-0.15, -0.1) is 24.8 Å². The molecule has 1 aliphatic rings. The van der Waals surface area contributed by atoms with Gasteiger partial charge in [0.05, 0.1) is 0 Å². The number of benzene rings is 2. The molecule has 28 heavy (non-hydrogen) atoms. The summed E-state index contributed by atoms with van der Waals surface area (Å²) >= 11 is -3.88. The molecular formula is C23H32Cl2NSiTi. The van der Waals surface area contributed by atoms with Gasteiger partial charge in [-0.1, -0.05) is 0 Å². The van der Waals surface area contributed by atoms with E-state index in [0.29, 0.717) is 4.22 Å². The van der Waals surface area contributed by atoms with E-state index in [1.807, 2.05) is 0 Å². The third-order valence-corrected chi connectivity index (χ3v) is 33.0. The molecule has 0 fully saturated rings. The fourth-order valence-electron chi connectivity index (χ4n) is 4.80. The van der Waals surface area contributed by atoms with E-state index in [1.54, 1.807) is 0 Å². The topological polar surface area (TPSA) is 15.8 Å². The molecule has 1 unspecified atom stereocenters. The van der Waals surface area contributed by atoms with Crippen molar-refractivity contribution < 1.29 is 12.8 Å². The average Bonchev–Trinajstić information content (AvgIpc) is 3.19. The minimum absolute atomic E-state index is 0. The third kappa shape index (κ3) is 2.76. The Labute approximate surface area is 181 Å². The van der Waals surface area contributed by atoms with E-state index in [-0.39, 0.29) is 28.5 Å². The zero-order valence-electron chi connectivity index (χ0n) is 17.5. The Morgan fingerprint density at radius 3 is 2.18 bits per heavy atom. The van der Waals surface area contributed by atoms with Crippen LogP contribution in [0.25, 0.3) is 17.0 Å². The van der Waals surface area contributed by atoms with Crippen molar-refractivity contribution >= 4 is 53.4 Å². The van der Waals surface area contributed by atoms with Crippen molar-refractivity contribution in [3.05, 3.63) is 71.8 Å². The van der Waals surface area contributed by atoms with Crippen LogP contribution < -0.4 is 4.00 Å². The Kier molecular flexibility index (Phi) is 5.56. The molecule has 0 spiro atoms. The number of aromatic nitrogens is 1. The zero-order valence-corrected chi connectivity index (χ0v) is 22.1. The van der Waals surface area contributed by atoms with E-state index in [4.69, 9.17) is 0 Å². The first-order valence-electron chi connectivity index (χ1n) is 9.62. The van der Waals surface area contributed by atoms with E-state index >= 15 is 0 Å². The fourth-order valence-corrected chi connectivity index (χ4v) is 15.8. The molecule has 0 aliphatic heterocycles. The van der Waals surface area contributed by atoms with Gasteiger partial charge in [-0.3, -0.25) is 0 Å². The predicted molar refractivity (Wildman–Crippen MR) is 131 cm³/mol. The van der Waals surface area contributed by atoms with Crippen molar-refractivity contribution in [3.8, 4) is 0 Å². The molecule has 1 aromatic heterocycles. The molecule has 1 aliphatic carbocycles. The smallest absolute Gasteiger partial charge is 0.147 e. The number of rotatable bonds is 2. The van der Waals surface area contributed by atoms with Crippen molar-refractivity contribution in [2.24, 2.45) is 0 Å². The molecule has 1 nitrogen and oxygen atoms in total. The molecule has 5 heteroatoms. The molecule has 1 atom stereocenters. The molecule has 4 rings (SSSR count). The predicted octanol–water partition coefficient (Wildman–Crippen LogP) is 6.49. The van der Waals surface area contributed by atoms with Crippen LogP contribution >= 0.6 is 24.8 Å². The summed E-state index contributed by atoms with van der Waals surface area (Å²) in [7, 11) is 2.35. The molecule has 0 amide bonds. The van der Waals surface area contributed by atoms with Crippen LogP contribution in [0.3, 0.4) is 0 Å². The van der Waals surface area contributed by atoms with E-state index in [9.17, 15) is 0 Å². The minimum Gasteiger partial charge on any atom is -0.147 e. The number of nitrogens with one attached hydrogen (secondary N) is 1. The monoisotopic (exact) mass is 468 g/mol. The van der Waals surface area contributed by atoms with E-state index in [1.165, 1.54) is 26.0 Å². The quantitative estimate of drug-likeness (QED) is 0.413. The number of hydrogen-bond donors (Lipinski definition) is 1. The molecule has 0 radical (unpaired) electrons. The number of para-hydroxylation sites is 1. The van der Waals surface area contributed by atoms with Gasteiger partial charge in [-0.25, -0.2) is 0 Å². The first-order chi connectivity index (χ1) is 12.0. The molecule has 3 aromatic rings. The molecule has 1 N–H and O–H groups in total. The summed E-state index contributed by atoms with van der Waals surface area (Å²) in [5.74, 6) is 0. The summed E-state index contributed by atoms with van der Waals surface area (Å²) < 4.78 is 2.15. The Balaban J connectivity index is 0.00000140. The van der Waals surface area contributed by atoms with Crippen LogP contribution in [-0.2, 0) is 12.8 Å². The molecular weight excluding hydrogens is 437 g/mol. The van der Waals surface area contributed by atoms with Crippen molar-refractivity contribution in [1.29, 1.82) is 0 Å². The number of halogens is 2. The van der Waals surface area contributed by atoms with Crippen molar-refractivity contribution in [2.45, 2.75) is 39.2 Å². The van der Waals surface area contributed by atoms with E-state index in [0.717, 1.165) is 0 Å². The van der Waals surface area contributed by atoms with Gasteiger partial charge >= 0.3 is 157 Å². The second-order valence-corrected chi connectivity index (χ2v) is 37.1. The maximum absolute atomic E-state index is 3.89. The number of aromatic amines is 1. The number of hydrogen-bond acceptors (Lipinski definition) is 0. The summed E-state index contributed by atoms with van der Waals surface area (Å²) in [6.45, 7) is 7.39. The van der Waals surface area contributed by atoms with Gasteiger partial charge in [0.15, 0.2) is 0 Å². The second kappa shape index (κ2) is 6.62. The number of H-pyrrole nitrogens is 1. The number of fused-ring (bicyclic) bond motifs is 2. The molecule has 1 heterocycles. The van der Waals surface area contributed by atoms with Crippen LogP contribution in [0.4, 0.5) is 0 Å². The normalized spacial score (nSPS) is 18.5. The standard InChI is InChI=1S/C9H7.C8H6N.C4H9.2CH3.2ClH.H2Si.Ti/c1-2-5-9-7-3-6-8(9)4-1;1-2-4-8-7(3-1)5-6-9-8;1-4(2)3;;;;;;/h1-7H;1-5,9H;1-3H3;2*1H3;2*1H;1H2;. The third-order valence-electron chi connectivity index (χ3n) is 8.34. The molecule has 2 aromatic carbocycles. The SMILES string of the molecule is C[C](C)(C)[Ti]([CH3])([CH3])(=[SiH2])([c]1cc2ccccc2[nH]1)[CH]1C=Cc2ccccc21.Cl.Cl. The molecule has 151 valence electrons. The van der Waals surface area contributed by atoms with Gasteiger partial charge in [-0.2, -0.15) is 0 Å². The first-order valence-corrected chi connectivity index (χ1v) is 19.2. The van der Waals surface area contributed by atoms with Gasteiger partial charge in [0.2, 0.25) is 0 Å². The van der Waals surface area contributed by atoms with Gasteiger partial charge in [0.25, 0.3) is 0 Å². The van der Waals surface area contributed by atoms with Gasteiger partial charge < -0.3 is 0 Å². The fraction of sp³-hybridized carbons (Fsp3) is 0.304. The minimum atomic E-state index is -3.88. The van der Waals surface area contributed by atoms with Crippen LogP contribution in [0.2, 0.25) is 14.2 Å².